The van der Waals surface area contributed by atoms with Gasteiger partial charge in [-0.2, -0.15) is 5.10 Å². The van der Waals surface area contributed by atoms with E-state index in [1.807, 2.05) is 12.1 Å². The van der Waals surface area contributed by atoms with E-state index in [0.29, 0.717) is 11.0 Å². The summed E-state index contributed by atoms with van der Waals surface area (Å²) in [4.78, 5) is 2.29. The monoisotopic (exact) mass is 303 g/mol. The van der Waals surface area contributed by atoms with Crippen molar-refractivity contribution in [2.24, 2.45) is 5.10 Å². The van der Waals surface area contributed by atoms with E-state index in [2.05, 4.69) is 51.6 Å². The molecule has 0 spiro atoms. The van der Waals surface area contributed by atoms with E-state index in [0.717, 1.165) is 18.7 Å². The van der Waals surface area contributed by atoms with Gasteiger partial charge in [0, 0.05) is 18.8 Å². The first kappa shape index (κ1) is 15.3. The third-order valence-corrected chi connectivity index (χ3v) is 3.25. The van der Waals surface area contributed by atoms with Gasteiger partial charge in [0.1, 0.15) is 0 Å². The topological polar surface area (TPSA) is 53.4 Å². The fourth-order valence-electron chi connectivity index (χ4n) is 1.91. The Kier molecular flexibility index (Phi) is 5.51. The number of anilines is 2. The zero-order valence-electron chi connectivity index (χ0n) is 12.1. The zero-order valence-corrected chi connectivity index (χ0v) is 12.9. The fourth-order valence-corrected chi connectivity index (χ4v) is 2.01. The summed E-state index contributed by atoms with van der Waals surface area (Å²) in [6.07, 6.45) is 1.74. The van der Waals surface area contributed by atoms with Gasteiger partial charge in [0.15, 0.2) is 11.0 Å². The van der Waals surface area contributed by atoms with Crippen molar-refractivity contribution in [3.8, 4) is 0 Å². The predicted octanol–water partition coefficient (Wildman–Crippen LogP) is 3.42. The molecule has 0 atom stereocenters. The molecule has 1 N–H and O–H groups in total. The molecule has 1 aromatic heterocycles. The van der Waals surface area contributed by atoms with Crippen molar-refractivity contribution in [2.75, 3.05) is 23.4 Å². The maximum Gasteiger partial charge on any atom is 0.168 e. The largest absolute Gasteiger partial charge is 0.372 e. The van der Waals surface area contributed by atoms with Crippen LogP contribution in [-0.2, 0) is 0 Å². The molecule has 6 heteroatoms. The molecule has 1 aromatic carbocycles. The number of halogens is 1. The molecule has 5 nitrogen and oxygen atoms in total. The number of nitrogens with zero attached hydrogens (tertiary/aromatic N) is 4. The van der Waals surface area contributed by atoms with Crippen molar-refractivity contribution >= 4 is 29.3 Å². The highest BCUT2D eigenvalue weighted by Crippen LogP contribution is 2.14. The second kappa shape index (κ2) is 7.59. The van der Waals surface area contributed by atoms with Gasteiger partial charge < -0.3 is 4.90 Å². The minimum absolute atomic E-state index is 0.358. The van der Waals surface area contributed by atoms with Crippen molar-refractivity contribution in [2.45, 2.75) is 13.8 Å². The molecule has 2 rings (SSSR count). The summed E-state index contributed by atoms with van der Waals surface area (Å²) in [5.41, 5.74) is 5.04. The van der Waals surface area contributed by atoms with Crippen LogP contribution in [-0.4, -0.2) is 29.5 Å². The van der Waals surface area contributed by atoms with E-state index < -0.39 is 0 Å². The van der Waals surface area contributed by atoms with Crippen molar-refractivity contribution in [3.63, 3.8) is 0 Å². The lowest BCUT2D eigenvalue weighted by Crippen LogP contribution is -2.21. The minimum Gasteiger partial charge on any atom is -0.372 e. The Bertz CT molecular complexity index is 576. The molecule has 21 heavy (non-hydrogen) atoms. The number of benzene rings is 1. The van der Waals surface area contributed by atoms with Crippen LogP contribution in [0.3, 0.4) is 0 Å². The number of hydrazone groups is 1. The third-order valence-electron chi connectivity index (χ3n) is 3.05. The Morgan fingerprint density at radius 3 is 2.38 bits per heavy atom. The Morgan fingerprint density at radius 1 is 1.10 bits per heavy atom. The lowest BCUT2D eigenvalue weighted by atomic mass is 10.2. The van der Waals surface area contributed by atoms with Crippen LogP contribution >= 0.6 is 11.6 Å². The van der Waals surface area contributed by atoms with Crippen molar-refractivity contribution in [3.05, 3.63) is 47.1 Å². The van der Waals surface area contributed by atoms with Gasteiger partial charge in [0.05, 0.1) is 6.21 Å². The van der Waals surface area contributed by atoms with Gasteiger partial charge in [-0.3, -0.25) is 5.43 Å². The molecule has 0 radical (unpaired) electrons. The summed E-state index contributed by atoms with van der Waals surface area (Å²) < 4.78 is 0. The Balaban J connectivity index is 1.96. The maximum absolute atomic E-state index is 5.66. The van der Waals surface area contributed by atoms with Gasteiger partial charge in [0.25, 0.3) is 0 Å². The summed E-state index contributed by atoms with van der Waals surface area (Å²) >= 11 is 5.66. The average molecular weight is 304 g/mol. The molecule has 0 fully saturated rings. The number of aromatic nitrogens is 2. The maximum atomic E-state index is 5.66. The second-order valence-electron chi connectivity index (χ2n) is 4.38. The van der Waals surface area contributed by atoms with Gasteiger partial charge in [-0.15, -0.1) is 10.2 Å². The molecule has 110 valence electrons. The molecule has 0 bridgehead atoms. The average Bonchev–Trinajstić information content (AvgIpc) is 2.52. The summed E-state index contributed by atoms with van der Waals surface area (Å²) in [7, 11) is 0. The molecule has 0 unspecified atom stereocenters. The van der Waals surface area contributed by atoms with Gasteiger partial charge >= 0.3 is 0 Å². The highest BCUT2D eigenvalue weighted by molar-refractivity contribution is 6.29. The summed E-state index contributed by atoms with van der Waals surface area (Å²) in [5, 5.41) is 12.1. The quantitative estimate of drug-likeness (QED) is 0.656. The minimum atomic E-state index is 0.358. The van der Waals surface area contributed by atoms with Crippen LogP contribution in [0, 0.1) is 0 Å². The van der Waals surface area contributed by atoms with Crippen LogP contribution in [0.1, 0.15) is 19.4 Å². The second-order valence-corrected chi connectivity index (χ2v) is 4.76. The van der Waals surface area contributed by atoms with E-state index in [1.165, 1.54) is 5.69 Å². The van der Waals surface area contributed by atoms with Crippen LogP contribution in [0.15, 0.2) is 41.5 Å². The van der Waals surface area contributed by atoms with E-state index in [9.17, 15) is 0 Å². The normalized spacial score (nSPS) is 10.8. The third kappa shape index (κ3) is 4.43. The predicted molar refractivity (Wildman–Crippen MR) is 88.3 cm³/mol. The van der Waals surface area contributed by atoms with Crippen LogP contribution < -0.4 is 10.3 Å². The standard InChI is InChI=1S/C15H18ClN5/c1-3-21(4-2)13-7-5-12(6-8-13)11-17-19-15-10-9-14(16)18-20-15/h5-11H,3-4H2,1-2H3,(H,19,20). The first-order valence-electron chi connectivity index (χ1n) is 6.86. The van der Waals surface area contributed by atoms with E-state index in [-0.39, 0.29) is 0 Å². The van der Waals surface area contributed by atoms with Crippen molar-refractivity contribution in [1.29, 1.82) is 0 Å². The molecular formula is C15H18ClN5. The number of rotatable bonds is 6. The van der Waals surface area contributed by atoms with E-state index in [1.54, 1.807) is 18.3 Å². The highest BCUT2D eigenvalue weighted by Gasteiger charge is 2.00. The van der Waals surface area contributed by atoms with Crippen LogP contribution in [0.2, 0.25) is 5.15 Å². The molecule has 0 saturated heterocycles. The number of hydrogen-bond acceptors (Lipinski definition) is 5. The molecule has 1 heterocycles. The van der Waals surface area contributed by atoms with Gasteiger partial charge in [-0.1, -0.05) is 23.7 Å². The lowest BCUT2D eigenvalue weighted by Gasteiger charge is -2.20. The molecule has 2 aromatic rings. The first-order chi connectivity index (χ1) is 10.2. The van der Waals surface area contributed by atoms with E-state index in [4.69, 9.17) is 11.6 Å². The fraction of sp³-hybridized carbons (Fsp3) is 0.267. The molecule has 0 saturated carbocycles. The van der Waals surface area contributed by atoms with Crippen molar-refractivity contribution in [1.82, 2.24) is 10.2 Å². The number of nitrogens with one attached hydrogen (secondary N) is 1. The molecule has 0 aliphatic carbocycles. The summed E-state index contributed by atoms with van der Waals surface area (Å²) in [6, 6.07) is 11.6. The first-order valence-corrected chi connectivity index (χ1v) is 7.24. The molecule has 0 amide bonds. The van der Waals surface area contributed by atoms with Gasteiger partial charge in [0.2, 0.25) is 0 Å². The van der Waals surface area contributed by atoms with Gasteiger partial charge in [-0.05, 0) is 43.7 Å². The summed E-state index contributed by atoms with van der Waals surface area (Å²) in [5.74, 6) is 0.551. The lowest BCUT2D eigenvalue weighted by molar-refractivity contribution is 0.866. The summed E-state index contributed by atoms with van der Waals surface area (Å²) in [6.45, 7) is 6.30. The zero-order chi connectivity index (χ0) is 15.1. The van der Waals surface area contributed by atoms with Gasteiger partial charge in [-0.25, -0.2) is 0 Å². The highest BCUT2D eigenvalue weighted by atomic mass is 35.5. The van der Waals surface area contributed by atoms with Crippen LogP contribution in [0.25, 0.3) is 0 Å². The van der Waals surface area contributed by atoms with Crippen LogP contribution in [0.5, 0.6) is 0 Å². The Labute approximate surface area is 129 Å². The smallest absolute Gasteiger partial charge is 0.168 e. The SMILES string of the molecule is CCN(CC)c1ccc(C=NNc2ccc(Cl)nn2)cc1. The van der Waals surface area contributed by atoms with Crippen molar-refractivity contribution < 1.29 is 0 Å². The molecular weight excluding hydrogens is 286 g/mol. The van der Waals surface area contributed by atoms with Crippen LogP contribution in [0.4, 0.5) is 11.5 Å². The Hall–Kier alpha value is -2.14. The molecule has 0 aliphatic heterocycles. The molecule has 0 aliphatic rings. The number of hydrogen-bond donors (Lipinski definition) is 1. The van der Waals surface area contributed by atoms with E-state index >= 15 is 0 Å². The Morgan fingerprint density at radius 2 is 1.81 bits per heavy atom.